The van der Waals surface area contributed by atoms with E-state index in [2.05, 4.69) is 0 Å². The van der Waals surface area contributed by atoms with Crippen molar-refractivity contribution < 1.29 is 9.90 Å². The Morgan fingerprint density at radius 1 is 1.57 bits per heavy atom. The first-order valence-corrected chi connectivity index (χ1v) is 5.33. The molecule has 4 nitrogen and oxygen atoms in total. The standard InChI is InChI=1S/C10H18N2O2/c11-6-10(14)3-4-12(7-10)9(13)5-8-1-2-8/h8,14H,1-7,11H2. The summed E-state index contributed by atoms with van der Waals surface area (Å²) in [5.41, 5.74) is 4.64. The van der Waals surface area contributed by atoms with Gasteiger partial charge in [0, 0.05) is 19.5 Å². The van der Waals surface area contributed by atoms with E-state index in [4.69, 9.17) is 5.73 Å². The Bertz CT molecular complexity index is 240. The third kappa shape index (κ3) is 2.07. The summed E-state index contributed by atoms with van der Waals surface area (Å²) in [5.74, 6) is 0.811. The topological polar surface area (TPSA) is 66.6 Å². The molecule has 14 heavy (non-hydrogen) atoms. The van der Waals surface area contributed by atoms with Crippen LogP contribution in [0.3, 0.4) is 0 Å². The number of hydrogen-bond acceptors (Lipinski definition) is 3. The Balaban J connectivity index is 1.84. The number of likely N-dealkylation sites (tertiary alicyclic amines) is 1. The smallest absolute Gasteiger partial charge is 0.222 e. The fraction of sp³-hybridized carbons (Fsp3) is 0.900. The van der Waals surface area contributed by atoms with Crippen molar-refractivity contribution in [1.82, 2.24) is 4.90 Å². The summed E-state index contributed by atoms with van der Waals surface area (Å²) in [4.78, 5) is 13.4. The van der Waals surface area contributed by atoms with Gasteiger partial charge < -0.3 is 15.7 Å². The minimum Gasteiger partial charge on any atom is -0.387 e. The zero-order valence-corrected chi connectivity index (χ0v) is 8.41. The first-order chi connectivity index (χ1) is 6.63. The van der Waals surface area contributed by atoms with Crippen molar-refractivity contribution in [2.75, 3.05) is 19.6 Å². The van der Waals surface area contributed by atoms with Crippen LogP contribution in [0.1, 0.15) is 25.7 Å². The van der Waals surface area contributed by atoms with Crippen molar-refractivity contribution in [3.8, 4) is 0 Å². The van der Waals surface area contributed by atoms with Crippen molar-refractivity contribution in [2.24, 2.45) is 11.7 Å². The van der Waals surface area contributed by atoms with Gasteiger partial charge in [-0.25, -0.2) is 0 Å². The molecule has 2 rings (SSSR count). The third-order valence-electron chi connectivity index (χ3n) is 3.23. The Hall–Kier alpha value is -0.610. The fourth-order valence-corrected chi connectivity index (χ4v) is 1.93. The lowest BCUT2D eigenvalue weighted by atomic mass is 10.0. The van der Waals surface area contributed by atoms with Gasteiger partial charge in [-0.05, 0) is 25.2 Å². The maximum Gasteiger partial charge on any atom is 0.222 e. The number of nitrogens with two attached hydrogens (primary N) is 1. The quantitative estimate of drug-likeness (QED) is 0.655. The first-order valence-electron chi connectivity index (χ1n) is 5.33. The van der Waals surface area contributed by atoms with E-state index in [1.165, 1.54) is 12.8 Å². The van der Waals surface area contributed by atoms with E-state index < -0.39 is 5.60 Å². The maximum atomic E-state index is 11.7. The molecule has 0 aromatic heterocycles. The summed E-state index contributed by atoms with van der Waals surface area (Å²) in [6, 6.07) is 0. The Morgan fingerprint density at radius 2 is 2.29 bits per heavy atom. The Morgan fingerprint density at radius 3 is 2.79 bits per heavy atom. The first kappa shape index (κ1) is 9.93. The molecule has 1 aliphatic heterocycles. The molecule has 1 aliphatic carbocycles. The molecule has 1 saturated carbocycles. The van der Waals surface area contributed by atoms with Crippen LogP contribution in [0.15, 0.2) is 0 Å². The van der Waals surface area contributed by atoms with Crippen LogP contribution in [0.25, 0.3) is 0 Å². The summed E-state index contributed by atoms with van der Waals surface area (Å²) in [7, 11) is 0. The summed E-state index contributed by atoms with van der Waals surface area (Å²) < 4.78 is 0. The van der Waals surface area contributed by atoms with Crippen LogP contribution in [0.4, 0.5) is 0 Å². The monoisotopic (exact) mass is 198 g/mol. The largest absolute Gasteiger partial charge is 0.387 e. The molecule has 2 fully saturated rings. The molecule has 0 aromatic carbocycles. The second kappa shape index (κ2) is 3.51. The van der Waals surface area contributed by atoms with Gasteiger partial charge in [-0.3, -0.25) is 4.79 Å². The van der Waals surface area contributed by atoms with Gasteiger partial charge in [0.1, 0.15) is 0 Å². The van der Waals surface area contributed by atoms with Crippen molar-refractivity contribution in [3.63, 3.8) is 0 Å². The molecule has 1 atom stereocenters. The van der Waals surface area contributed by atoms with E-state index in [0.717, 1.165) is 0 Å². The molecule has 3 N–H and O–H groups in total. The highest BCUT2D eigenvalue weighted by Gasteiger charge is 2.38. The minimum atomic E-state index is -0.820. The van der Waals surface area contributed by atoms with Crippen LogP contribution in [0.2, 0.25) is 0 Å². The van der Waals surface area contributed by atoms with Gasteiger partial charge in [-0.2, -0.15) is 0 Å². The van der Waals surface area contributed by atoms with E-state index in [0.29, 0.717) is 31.8 Å². The molecule has 1 heterocycles. The molecule has 80 valence electrons. The van der Waals surface area contributed by atoms with Crippen LogP contribution >= 0.6 is 0 Å². The average molecular weight is 198 g/mol. The fourth-order valence-electron chi connectivity index (χ4n) is 1.93. The van der Waals surface area contributed by atoms with Gasteiger partial charge in [-0.15, -0.1) is 0 Å². The third-order valence-corrected chi connectivity index (χ3v) is 3.23. The highest BCUT2D eigenvalue weighted by Crippen LogP contribution is 2.33. The lowest BCUT2D eigenvalue weighted by molar-refractivity contribution is -0.131. The van der Waals surface area contributed by atoms with Gasteiger partial charge in [0.2, 0.25) is 5.91 Å². The van der Waals surface area contributed by atoms with Crippen LogP contribution in [-0.2, 0) is 4.79 Å². The summed E-state index contributed by atoms with van der Waals surface area (Å²) >= 11 is 0. The van der Waals surface area contributed by atoms with Crippen molar-refractivity contribution in [2.45, 2.75) is 31.3 Å². The molecule has 0 bridgehead atoms. The van der Waals surface area contributed by atoms with Gasteiger partial charge in [0.25, 0.3) is 0 Å². The molecule has 4 heteroatoms. The van der Waals surface area contributed by atoms with Gasteiger partial charge in [0.15, 0.2) is 0 Å². The number of carbonyl (C=O) groups is 1. The van der Waals surface area contributed by atoms with E-state index >= 15 is 0 Å². The van der Waals surface area contributed by atoms with Gasteiger partial charge >= 0.3 is 0 Å². The lowest BCUT2D eigenvalue weighted by Crippen LogP contribution is -2.41. The predicted molar refractivity (Wildman–Crippen MR) is 52.5 cm³/mol. The number of amides is 1. The second-order valence-corrected chi connectivity index (χ2v) is 4.64. The highest BCUT2D eigenvalue weighted by atomic mass is 16.3. The lowest BCUT2D eigenvalue weighted by Gasteiger charge is -2.21. The summed E-state index contributed by atoms with van der Waals surface area (Å²) in [5, 5.41) is 9.85. The molecule has 1 amide bonds. The van der Waals surface area contributed by atoms with Gasteiger partial charge in [0.05, 0.1) is 12.1 Å². The molecule has 1 saturated heterocycles. The molecular weight excluding hydrogens is 180 g/mol. The number of carbonyl (C=O) groups excluding carboxylic acids is 1. The highest BCUT2D eigenvalue weighted by molar-refractivity contribution is 5.77. The number of rotatable bonds is 3. The van der Waals surface area contributed by atoms with Crippen molar-refractivity contribution in [1.29, 1.82) is 0 Å². The average Bonchev–Trinajstić information content (AvgIpc) is 2.88. The SMILES string of the molecule is NCC1(O)CCN(C(=O)CC2CC2)C1. The van der Waals surface area contributed by atoms with Gasteiger partial charge in [-0.1, -0.05) is 0 Å². The molecular formula is C10H18N2O2. The van der Waals surface area contributed by atoms with E-state index in [1.807, 2.05) is 0 Å². The normalized spacial score (nSPS) is 32.3. The van der Waals surface area contributed by atoms with E-state index in [1.54, 1.807) is 4.90 Å². The Kier molecular flexibility index (Phi) is 2.49. The van der Waals surface area contributed by atoms with Crippen LogP contribution in [-0.4, -0.2) is 41.1 Å². The van der Waals surface area contributed by atoms with Crippen LogP contribution < -0.4 is 5.73 Å². The number of aliphatic hydroxyl groups is 1. The number of hydrogen-bond donors (Lipinski definition) is 2. The van der Waals surface area contributed by atoms with Crippen molar-refractivity contribution in [3.05, 3.63) is 0 Å². The van der Waals surface area contributed by atoms with E-state index in [9.17, 15) is 9.90 Å². The molecule has 0 aromatic rings. The zero-order valence-electron chi connectivity index (χ0n) is 8.41. The number of β-amino-alcohol motifs (C(OH)–C–C–N with tert-alkyl or cyclic N) is 1. The molecule has 2 aliphatic rings. The molecule has 1 unspecified atom stereocenters. The van der Waals surface area contributed by atoms with Crippen LogP contribution in [0, 0.1) is 5.92 Å². The Labute approximate surface area is 84.1 Å². The summed E-state index contributed by atoms with van der Waals surface area (Å²) in [6.07, 6.45) is 3.68. The number of nitrogens with zero attached hydrogens (tertiary/aromatic N) is 1. The molecule has 0 radical (unpaired) electrons. The zero-order chi connectivity index (χ0) is 10.2. The van der Waals surface area contributed by atoms with E-state index in [-0.39, 0.29) is 12.5 Å². The predicted octanol–water partition coefficient (Wildman–Crippen LogP) is -0.291. The van der Waals surface area contributed by atoms with Crippen LogP contribution in [0.5, 0.6) is 0 Å². The minimum absolute atomic E-state index is 0.192. The summed E-state index contributed by atoms with van der Waals surface area (Å²) in [6.45, 7) is 1.34. The van der Waals surface area contributed by atoms with Crippen molar-refractivity contribution >= 4 is 5.91 Å². The molecule has 0 spiro atoms. The maximum absolute atomic E-state index is 11.7. The second-order valence-electron chi connectivity index (χ2n) is 4.64.